The molecule has 0 unspecified atom stereocenters. The van der Waals surface area contributed by atoms with Crippen molar-refractivity contribution >= 4 is 23.3 Å². The number of aryl methyl sites for hydroxylation is 1. The smallest absolute Gasteiger partial charge is 0.322 e. The van der Waals surface area contributed by atoms with Crippen molar-refractivity contribution in [3.05, 3.63) is 95.3 Å². The molecule has 158 valence electrons. The highest BCUT2D eigenvalue weighted by Gasteiger charge is 2.27. The number of anilines is 2. The van der Waals surface area contributed by atoms with E-state index in [2.05, 4.69) is 5.32 Å². The first kappa shape index (κ1) is 20.6. The van der Waals surface area contributed by atoms with Gasteiger partial charge in [0, 0.05) is 36.6 Å². The first-order valence-electron chi connectivity index (χ1n) is 10.3. The number of halogens is 1. The molecule has 3 aromatic carbocycles. The summed E-state index contributed by atoms with van der Waals surface area (Å²) < 4.78 is 13.5. The van der Waals surface area contributed by atoms with Crippen LogP contribution in [0.2, 0.25) is 0 Å². The third-order valence-electron chi connectivity index (χ3n) is 5.39. The first-order valence-corrected chi connectivity index (χ1v) is 10.3. The van der Waals surface area contributed by atoms with Crippen LogP contribution in [0.25, 0.3) is 0 Å². The Morgan fingerprint density at radius 2 is 1.81 bits per heavy atom. The third kappa shape index (κ3) is 4.74. The second-order valence-corrected chi connectivity index (χ2v) is 7.66. The summed E-state index contributed by atoms with van der Waals surface area (Å²) in [6.07, 6.45) is 0.792. The summed E-state index contributed by atoms with van der Waals surface area (Å²) in [5, 5.41) is 2.93. The van der Waals surface area contributed by atoms with Gasteiger partial charge in [-0.1, -0.05) is 36.4 Å². The van der Waals surface area contributed by atoms with Gasteiger partial charge in [0.25, 0.3) is 5.91 Å². The quantitative estimate of drug-likeness (QED) is 0.619. The van der Waals surface area contributed by atoms with Crippen molar-refractivity contribution in [2.24, 2.45) is 0 Å². The Bertz CT molecular complexity index is 1120. The Hall–Kier alpha value is -3.67. The van der Waals surface area contributed by atoms with Gasteiger partial charge in [-0.15, -0.1) is 0 Å². The van der Waals surface area contributed by atoms with E-state index < -0.39 is 0 Å². The zero-order valence-electron chi connectivity index (χ0n) is 17.3. The molecule has 1 aliphatic rings. The van der Waals surface area contributed by atoms with Crippen LogP contribution in [-0.4, -0.2) is 29.9 Å². The van der Waals surface area contributed by atoms with Crippen molar-refractivity contribution < 1.29 is 14.0 Å². The lowest BCUT2D eigenvalue weighted by molar-refractivity contribution is 0.102. The number of para-hydroxylation sites is 1. The molecule has 0 bridgehead atoms. The summed E-state index contributed by atoms with van der Waals surface area (Å²) in [6.45, 7) is 3.47. The van der Waals surface area contributed by atoms with E-state index in [1.165, 1.54) is 12.1 Å². The molecular formula is C25H24FN3O2. The van der Waals surface area contributed by atoms with E-state index in [1.54, 1.807) is 34.1 Å². The summed E-state index contributed by atoms with van der Waals surface area (Å²) >= 11 is 0. The van der Waals surface area contributed by atoms with Gasteiger partial charge in [-0.2, -0.15) is 0 Å². The Morgan fingerprint density at radius 1 is 1.00 bits per heavy atom. The van der Waals surface area contributed by atoms with Gasteiger partial charge in [0.2, 0.25) is 0 Å². The lowest BCUT2D eigenvalue weighted by atomic mass is 10.1. The molecule has 0 aromatic heterocycles. The van der Waals surface area contributed by atoms with Crippen molar-refractivity contribution in [1.82, 2.24) is 4.90 Å². The van der Waals surface area contributed by atoms with E-state index >= 15 is 0 Å². The number of hydrogen-bond acceptors (Lipinski definition) is 2. The maximum absolute atomic E-state index is 13.5. The normalized spacial score (nSPS) is 13.9. The molecule has 0 aliphatic carbocycles. The van der Waals surface area contributed by atoms with Gasteiger partial charge in [-0.05, 0) is 60.9 Å². The topological polar surface area (TPSA) is 52.7 Å². The van der Waals surface area contributed by atoms with Crippen molar-refractivity contribution in [2.45, 2.75) is 19.9 Å². The minimum atomic E-state index is -0.314. The van der Waals surface area contributed by atoms with Crippen LogP contribution in [0.3, 0.4) is 0 Å². The predicted molar refractivity (Wildman–Crippen MR) is 120 cm³/mol. The van der Waals surface area contributed by atoms with Gasteiger partial charge in [0.05, 0.1) is 0 Å². The summed E-state index contributed by atoms with van der Waals surface area (Å²) in [7, 11) is 0. The van der Waals surface area contributed by atoms with Crippen LogP contribution >= 0.6 is 0 Å². The molecular weight excluding hydrogens is 393 g/mol. The second kappa shape index (κ2) is 9.00. The van der Waals surface area contributed by atoms with E-state index in [1.807, 2.05) is 43.3 Å². The number of benzene rings is 3. The summed E-state index contributed by atoms with van der Waals surface area (Å²) in [5.41, 5.74) is 3.64. The Kier molecular flexibility index (Phi) is 5.98. The predicted octanol–water partition coefficient (Wildman–Crippen LogP) is 5.22. The highest BCUT2D eigenvalue weighted by atomic mass is 19.1. The average molecular weight is 417 g/mol. The molecule has 1 heterocycles. The van der Waals surface area contributed by atoms with Crippen molar-refractivity contribution in [2.75, 3.05) is 23.3 Å². The van der Waals surface area contributed by atoms with Gasteiger partial charge in [-0.3, -0.25) is 9.69 Å². The van der Waals surface area contributed by atoms with Gasteiger partial charge in [-0.25, -0.2) is 9.18 Å². The minimum Gasteiger partial charge on any atom is -0.322 e. The number of rotatable bonds is 5. The molecule has 0 saturated carbocycles. The molecule has 6 heteroatoms. The van der Waals surface area contributed by atoms with Gasteiger partial charge in [0.1, 0.15) is 5.82 Å². The minimum absolute atomic E-state index is 0.146. The molecule has 1 saturated heterocycles. The zero-order chi connectivity index (χ0) is 21.8. The van der Waals surface area contributed by atoms with Crippen LogP contribution in [0.15, 0.2) is 72.8 Å². The standard InChI is InChI=1S/C25H24FN3O2/c1-18-7-2-3-12-23(18)27-24(30)20-9-5-11-22(16-20)29-14-6-13-28(25(29)31)17-19-8-4-10-21(26)15-19/h2-5,7-12,15-16H,6,13-14,17H2,1H3,(H,27,30). The number of nitrogens with zero attached hydrogens (tertiary/aromatic N) is 2. The largest absolute Gasteiger partial charge is 0.324 e. The average Bonchev–Trinajstić information content (AvgIpc) is 2.77. The fourth-order valence-electron chi connectivity index (χ4n) is 3.75. The maximum atomic E-state index is 13.5. The number of urea groups is 1. The van der Waals surface area contributed by atoms with Crippen LogP contribution in [0.4, 0.5) is 20.6 Å². The second-order valence-electron chi connectivity index (χ2n) is 7.66. The molecule has 1 aliphatic heterocycles. The fraction of sp³-hybridized carbons (Fsp3) is 0.200. The van der Waals surface area contributed by atoms with Crippen LogP contribution in [0.1, 0.15) is 27.9 Å². The van der Waals surface area contributed by atoms with E-state index in [4.69, 9.17) is 0 Å². The number of carbonyl (C=O) groups excluding carboxylic acids is 2. The van der Waals surface area contributed by atoms with Crippen LogP contribution in [-0.2, 0) is 6.54 Å². The maximum Gasteiger partial charge on any atom is 0.324 e. The molecule has 31 heavy (non-hydrogen) atoms. The van der Waals surface area contributed by atoms with Gasteiger partial charge in [0.15, 0.2) is 0 Å². The van der Waals surface area contributed by atoms with E-state index in [-0.39, 0.29) is 17.8 Å². The third-order valence-corrected chi connectivity index (χ3v) is 5.39. The van der Waals surface area contributed by atoms with Crippen molar-refractivity contribution in [3.8, 4) is 0 Å². The molecule has 4 rings (SSSR count). The summed E-state index contributed by atoms with van der Waals surface area (Å²) in [4.78, 5) is 29.2. The SMILES string of the molecule is Cc1ccccc1NC(=O)c1cccc(N2CCCN(Cc3cccc(F)c3)C2=O)c1. The van der Waals surface area contributed by atoms with Gasteiger partial charge < -0.3 is 10.2 Å². The summed E-state index contributed by atoms with van der Waals surface area (Å²) in [5.74, 6) is -0.539. The van der Waals surface area contributed by atoms with E-state index in [0.29, 0.717) is 30.9 Å². The van der Waals surface area contributed by atoms with Crippen LogP contribution < -0.4 is 10.2 Å². The molecule has 0 radical (unpaired) electrons. The zero-order valence-corrected chi connectivity index (χ0v) is 17.3. The van der Waals surface area contributed by atoms with Crippen molar-refractivity contribution in [1.29, 1.82) is 0 Å². The number of amides is 3. The monoisotopic (exact) mass is 417 g/mol. The first-order chi connectivity index (χ1) is 15.0. The molecule has 0 spiro atoms. The highest BCUT2D eigenvalue weighted by Crippen LogP contribution is 2.24. The van der Waals surface area contributed by atoms with Crippen LogP contribution in [0, 0.1) is 12.7 Å². The number of hydrogen-bond donors (Lipinski definition) is 1. The molecule has 3 amide bonds. The Balaban J connectivity index is 1.50. The molecule has 1 N–H and O–H groups in total. The lowest BCUT2D eigenvalue weighted by Crippen LogP contribution is -2.49. The Labute approximate surface area is 181 Å². The van der Waals surface area contributed by atoms with Crippen molar-refractivity contribution in [3.63, 3.8) is 0 Å². The molecule has 1 fully saturated rings. The molecule has 3 aromatic rings. The number of nitrogens with one attached hydrogen (secondary N) is 1. The van der Waals surface area contributed by atoms with E-state index in [0.717, 1.165) is 23.2 Å². The lowest BCUT2D eigenvalue weighted by Gasteiger charge is -2.35. The summed E-state index contributed by atoms with van der Waals surface area (Å²) in [6, 6.07) is 20.8. The van der Waals surface area contributed by atoms with E-state index in [9.17, 15) is 14.0 Å². The number of carbonyl (C=O) groups is 2. The highest BCUT2D eigenvalue weighted by molar-refractivity contribution is 6.05. The van der Waals surface area contributed by atoms with Gasteiger partial charge >= 0.3 is 6.03 Å². The fourth-order valence-corrected chi connectivity index (χ4v) is 3.75. The van der Waals surface area contributed by atoms with Crippen LogP contribution in [0.5, 0.6) is 0 Å². The Morgan fingerprint density at radius 3 is 2.61 bits per heavy atom. The molecule has 0 atom stereocenters. The molecule has 5 nitrogen and oxygen atoms in total.